The van der Waals surface area contributed by atoms with Gasteiger partial charge in [-0.05, 0) is 30.7 Å². The van der Waals surface area contributed by atoms with Crippen molar-refractivity contribution in [2.24, 2.45) is 0 Å². The number of para-hydroxylation sites is 2. The van der Waals surface area contributed by atoms with E-state index in [0.717, 1.165) is 0 Å². The monoisotopic (exact) mass is 400 g/mol. The number of esters is 1. The van der Waals surface area contributed by atoms with Crippen LogP contribution in [0.15, 0.2) is 42.5 Å². The minimum absolute atomic E-state index is 0.0277. The molecule has 3 rings (SSSR count). The lowest BCUT2D eigenvalue weighted by Crippen LogP contribution is -2.17. The molecule has 0 unspecified atom stereocenters. The average molecular weight is 400 g/mol. The maximum Gasteiger partial charge on any atom is 0.306 e. The highest BCUT2D eigenvalue weighted by atomic mass is 16.6. The Labute approximate surface area is 166 Å². The predicted molar refractivity (Wildman–Crippen MR) is 104 cm³/mol. The quantitative estimate of drug-likeness (QED) is 0.224. The van der Waals surface area contributed by atoms with Gasteiger partial charge in [-0.25, -0.2) is 0 Å². The third-order valence-corrected chi connectivity index (χ3v) is 4.20. The fourth-order valence-corrected chi connectivity index (χ4v) is 2.76. The average Bonchev–Trinajstić information content (AvgIpc) is 2.74. The van der Waals surface area contributed by atoms with Crippen molar-refractivity contribution < 1.29 is 28.7 Å². The number of carbonyl (C=O) groups is 2. The third kappa shape index (κ3) is 5.44. The molecular weight excluding hydrogens is 380 g/mol. The highest BCUT2D eigenvalue weighted by Gasteiger charge is 2.16. The summed E-state index contributed by atoms with van der Waals surface area (Å²) in [5, 5.41) is 13.9. The Kier molecular flexibility index (Phi) is 6.62. The van der Waals surface area contributed by atoms with Crippen molar-refractivity contribution in [3.63, 3.8) is 0 Å². The van der Waals surface area contributed by atoms with Gasteiger partial charge in [0.1, 0.15) is 18.9 Å². The van der Waals surface area contributed by atoms with Crippen molar-refractivity contribution in [3.8, 4) is 11.5 Å². The first-order valence-corrected chi connectivity index (χ1v) is 9.10. The largest absolute Gasteiger partial charge is 0.486 e. The molecule has 152 valence electrons. The van der Waals surface area contributed by atoms with Crippen LogP contribution in [-0.4, -0.2) is 43.0 Å². The summed E-state index contributed by atoms with van der Waals surface area (Å²) in [5.74, 6) is 0.221. The van der Waals surface area contributed by atoms with E-state index in [1.54, 1.807) is 36.4 Å². The Hall–Kier alpha value is -3.62. The molecule has 0 amide bonds. The van der Waals surface area contributed by atoms with Crippen LogP contribution >= 0.6 is 0 Å². The molecule has 1 heterocycles. The molecule has 0 saturated carbocycles. The lowest BCUT2D eigenvalue weighted by Gasteiger charge is -2.18. The molecule has 0 aliphatic carbocycles. The number of nitrogens with zero attached hydrogens (tertiary/aromatic N) is 1. The second-order valence-corrected chi connectivity index (χ2v) is 6.25. The molecule has 0 saturated heterocycles. The summed E-state index contributed by atoms with van der Waals surface area (Å²) in [5.41, 5.74) is 0.736. The molecular formula is C20H20N2O7. The van der Waals surface area contributed by atoms with Crippen LogP contribution in [-0.2, 0) is 9.53 Å². The Morgan fingerprint density at radius 2 is 1.86 bits per heavy atom. The fourth-order valence-electron chi connectivity index (χ4n) is 2.76. The van der Waals surface area contributed by atoms with Crippen molar-refractivity contribution in [1.29, 1.82) is 0 Å². The van der Waals surface area contributed by atoms with E-state index in [0.29, 0.717) is 48.9 Å². The number of Topliss-reactive ketones (excluding diaryl/α,β-unsaturated/α-hetero) is 1. The van der Waals surface area contributed by atoms with Crippen molar-refractivity contribution in [1.82, 2.24) is 0 Å². The number of fused-ring (bicyclic) bond motifs is 1. The molecule has 0 bridgehead atoms. The van der Waals surface area contributed by atoms with E-state index in [2.05, 4.69) is 5.32 Å². The van der Waals surface area contributed by atoms with E-state index >= 15 is 0 Å². The number of anilines is 1. The summed E-state index contributed by atoms with van der Waals surface area (Å²) < 4.78 is 15.8. The van der Waals surface area contributed by atoms with Gasteiger partial charge in [0.15, 0.2) is 23.9 Å². The highest BCUT2D eigenvalue weighted by Crippen LogP contribution is 2.30. The van der Waals surface area contributed by atoms with E-state index in [1.165, 1.54) is 6.07 Å². The first-order valence-electron chi connectivity index (χ1n) is 9.10. The van der Waals surface area contributed by atoms with Gasteiger partial charge in [-0.3, -0.25) is 19.7 Å². The Balaban J connectivity index is 1.40. The molecule has 9 nitrogen and oxygen atoms in total. The molecule has 0 spiro atoms. The molecule has 0 atom stereocenters. The van der Waals surface area contributed by atoms with Crippen molar-refractivity contribution in [3.05, 3.63) is 58.1 Å². The first-order chi connectivity index (χ1) is 14.0. The number of nitro benzene ring substituents is 1. The lowest BCUT2D eigenvalue weighted by atomic mass is 10.1. The summed E-state index contributed by atoms with van der Waals surface area (Å²) in [6, 6.07) is 11.1. The zero-order valence-corrected chi connectivity index (χ0v) is 15.6. The minimum Gasteiger partial charge on any atom is -0.486 e. The number of ether oxygens (including phenoxy) is 3. The molecule has 2 aromatic carbocycles. The van der Waals surface area contributed by atoms with Crippen molar-refractivity contribution in [2.45, 2.75) is 12.8 Å². The van der Waals surface area contributed by atoms with Crippen LogP contribution in [0.4, 0.5) is 11.4 Å². The Morgan fingerprint density at radius 1 is 1.10 bits per heavy atom. The molecule has 0 radical (unpaired) electrons. The molecule has 0 aromatic heterocycles. The van der Waals surface area contributed by atoms with Crippen LogP contribution in [0, 0.1) is 10.1 Å². The Bertz CT molecular complexity index is 913. The molecule has 2 aromatic rings. The standard InChI is InChI=1S/C20H20N2O7/c23-17(14-7-8-18-19(12-14)28-11-10-27-18)13-29-20(24)6-3-9-21-15-4-1-2-5-16(15)22(25)26/h1-2,4-5,7-8,12,21H,3,6,9-11,13H2. The number of benzene rings is 2. The summed E-state index contributed by atoms with van der Waals surface area (Å²) in [6.07, 6.45) is 0.491. The third-order valence-electron chi connectivity index (χ3n) is 4.20. The number of rotatable bonds is 9. The van der Waals surface area contributed by atoms with Crippen LogP contribution < -0.4 is 14.8 Å². The summed E-state index contributed by atoms with van der Waals surface area (Å²) >= 11 is 0. The van der Waals surface area contributed by atoms with E-state index in [-0.39, 0.29) is 24.5 Å². The van der Waals surface area contributed by atoms with Gasteiger partial charge in [-0.15, -0.1) is 0 Å². The van der Waals surface area contributed by atoms with Gasteiger partial charge in [0, 0.05) is 24.6 Å². The number of hydrogen-bond donors (Lipinski definition) is 1. The normalized spacial score (nSPS) is 12.1. The van der Waals surface area contributed by atoms with Crippen LogP contribution in [0.1, 0.15) is 23.2 Å². The van der Waals surface area contributed by atoms with E-state index in [9.17, 15) is 19.7 Å². The van der Waals surface area contributed by atoms with Gasteiger partial charge in [-0.1, -0.05) is 12.1 Å². The van der Waals surface area contributed by atoms with E-state index in [1.807, 2.05) is 0 Å². The minimum atomic E-state index is -0.514. The maximum atomic E-state index is 12.2. The van der Waals surface area contributed by atoms with Gasteiger partial charge in [0.25, 0.3) is 5.69 Å². The summed E-state index contributed by atoms with van der Waals surface area (Å²) in [7, 11) is 0. The number of nitrogens with one attached hydrogen (secondary N) is 1. The van der Waals surface area contributed by atoms with Gasteiger partial charge < -0.3 is 19.5 Å². The molecule has 1 aliphatic heterocycles. The van der Waals surface area contributed by atoms with Crippen LogP contribution in [0.25, 0.3) is 0 Å². The van der Waals surface area contributed by atoms with E-state index < -0.39 is 10.9 Å². The number of ketones is 1. The summed E-state index contributed by atoms with van der Waals surface area (Å²) in [6.45, 7) is 0.871. The molecule has 29 heavy (non-hydrogen) atoms. The van der Waals surface area contributed by atoms with Gasteiger partial charge in [0.05, 0.1) is 4.92 Å². The lowest BCUT2D eigenvalue weighted by molar-refractivity contribution is -0.384. The van der Waals surface area contributed by atoms with Gasteiger partial charge >= 0.3 is 5.97 Å². The van der Waals surface area contributed by atoms with Gasteiger partial charge in [-0.2, -0.15) is 0 Å². The topological polar surface area (TPSA) is 117 Å². The first kappa shape index (κ1) is 20.1. The van der Waals surface area contributed by atoms with Crippen LogP contribution in [0.5, 0.6) is 11.5 Å². The summed E-state index contributed by atoms with van der Waals surface area (Å²) in [4.78, 5) is 34.5. The van der Waals surface area contributed by atoms with Crippen molar-refractivity contribution in [2.75, 3.05) is 31.7 Å². The number of carbonyl (C=O) groups excluding carboxylic acids is 2. The van der Waals surface area contributed by atoms with Crippen LogP contribution in [0.2, 0.25) is 0 Å². The number of nitro groups is 1. The second-order valence-electron chi connectivity index (χ2n) is 6.25. The van der Waals surface area contributed by atoms with Gasteiger partial charge in [0.2, 0.25) is 0 Å². The molecule has 0 fully saturated rings. The van der Waals surface area contributed by atoms with E-state index in [4.69, 9.17) is 14.2 Å². The smallest absolute Gasteiger partial charge is 0.306 e. The predicted octanol–water partition coefficient (Wildman–Crippen LogP) is 2.98. The molecule has 1 aliphatic rings. The molecule has 1 N–H and O–H groups in total. The zero-order valence-electron chi connectivity index (χ0n) is 15.6. The van der Waals surface area contributed by atoms with Crippen molar-refractivity contribution >= 4 is 23.1 Å². The fraction of sp³-hybridized carbons (Fsp3) is 0.300. The number of hydrogen-bond acceptors (Lipinski definition) is 8. The van der Waals surface area contributed by atoms with Crippen LogP contribution in [0.3, 0.4) is 0 Å². The highest BCUT2D eigenvalue weighted by molar-refractivity contribution is 5.98. The molecule has 9 heteroatoms. The zero-order chi connectivity index (χ0) is 20.6. The Morgan fingerprint density at radius 3 is 2.66 bits per heavy atom. The second kappa shape index (κ2) is 9.54. The SMILES string of the molecule is O=C(CCCNc1ccccc1[N+](=O)[O-])OCC(=O)c1ccc2c(c1)OCCO2. The maximum absolute atomic E-state index is 12.2.